The molecular formula is C13H20F3NO2. The van der Waals surface area contributed by atoms with Crippen LogP contribution in [-0.4, -0.2) is 19.3 Å². The van der Waals surface area contributed by atoms with E-state index in [9.17, 15) is 13.2 Å². The van der Waals surface area contributed by atoms with E-state index in [2.05, 4.69) is 19.2 Å². The fraction of sp³-hybridized carbons (Fsp3) is 0.692. The molecule has 0 fully saturated rings. The third kappa shape index (κ3) is 7.22. The van der Waals surface area contributed by atoms with Crippen LogP contribution in [0.25, 0.3) is 0 Å². The molecule has 0 aliphatic carbocycles. The van der Waals surface area contributed by atoms with Crippen molar-refractivity contribution in [3.8, 4) is 0 Å². The molecule has 110 valence electrons. The molecule has 6 heteroatoms. The van der Waals surface area contributed by atoms with Crippen molar-refractivity contribution in [1.82, 2.24) is 5.32 Å². The van der Waals surface area contributed by atoms with E-state index in [1.54, 1.807) is 6.07 Å². The maximum Gasteiger partial charge on any atom is 0.391 e. The molecule has 1 rings (SSSR count). The second-order valence-corrected chi connectivity index (χ2v) is 4.81. The summed E-state index contributed by atoms with van der Waals surface area (Å²) in [5.41, 5.74) is 0.790. The predicted octanol–water partition coefficient (Wildman–Crippen LogP) is 3.49. The SMILES string of the molecule is CC(C)CNCc1occc1COCCC(F)(F)F. The molecule has 0 atom stereocenters. The van der Waals surface area contributed by atoms with E-state index in [-0.39, 0.29) is 13.2 Å². The fourth-order valence-corrected chi connectivity index (χ4v) is 1.50. The van der Waals surface area contributed by atoms with Crippen molar-refractivity contribution in [2.75, 3.05) is 13.2 Å². The second kappa shape index (κ2) is 7.55. The van der Waals surface area contributed by atoms with Crippen molar-refractivity contribution < 1.29 is 22.3 Å². The zero-order valence-corrected chi connectivity index (χ0v) is 11.2. The Bertz CT molecular complexity index is 361. The summed E-state index contributed by atoms with van der Waals surface area (Å²) in [7, 11) is 0. The number of alkyl halides is 3. The van der Waals surface area contributed by atoms with Crippen molar-refractivity contribution in [3.63, 3.8) is 0 Å². The van der Waals surface area contributed by atoms with Crippen LogP contribution in [0.15, 0.2) is 16.7 Å². The third-order valence-electron chi connectivity index (χ3n) is 2.46. The van der Waals surface area contributed by atoms with E-state index in [1.165, 1.54) is 6.26 Å². The molecule has 1 aromatic rings. The summed E-state index contributed by atoms with van der Waals surface area (Å²) in [6, 6.07) is 1.72. The van der Waals surface area contributed by atoms with Crippen LogP contribution in [0.4, 0.5) is 13.2 Å². The Morgan fingerprint density at radius 3 is 2.74 bits per heavy atom. The van der Waals surface area contributed by atoms with E-state index in [1.807, 2.05) is 0 Å². The predicted molar refractivity (Wildman–Crippen MR) is 65.6 cm³/mol. The normalized spacial score (nSPS) is 12.3. The lowest BCUT2D eigenvalue weighted by Crippen LogP contribution is -2.19. The molecule has 0 aliphatic heterocycles. The molecule has 0 unspecified atom stereocenters. The van der Waals surface area contributed by atoms with Gasteiger partial charge in [0.15, 0.2) is 0 Å². The highest BCUT2D eigenvalue weighted by molar-refractivity contribution is 5.15. The first-order valence-corrected chi connectivity index (χ1v) is 6.29. The zero-order chi connectivity index (χ0) is 14.3. The van der Waals surface area contributed by atoms with Gasteiger partial charge in [0, 0.05) is 5.56 Å². The quantitative estimate of drug-likeness (QED) is 0.740. The minimum Gasteiger partial charge on any atom is -0.468 e. The summed E-state index contributed by atoms with van der Waals surface area (Å²) >= 11 is 0. The molecule has 1 heterocycles. The molecular weight excluding hydrogens is 259 g/mol. The van der Waals surface area contributed by atoms with Gasteiger partial charge in [-0.25, -0.2) is 0 Å². The summed E-state index contributed by atoms with van der Waals surface area (Å²) in [6.07, 6.45) is -3.57. The Morgan fingerprint density at radius 1 is 1.37 bits per heavy atom. The maximum atomic E-state index is 11.9. The lowest BCUT2D eigenvalue weighted by molar-refractivity contribution is -0.146. The Kier molecular flexibility index (Phi) is 6.37. The molecule has 0 saturated carbocycles. The summed E-state index contributed by atoms with van der Waals surface area (Å²) in [5.74, 6) is 1.24. The molecule has 0 bridgehead atoms. The molecule has 0 aromatic carbocycles. The van der Waals surface area contributed by atoms with Gasteiger partial charge in [-0.1, -0.05) is 13.8 Å². The summed E-state index contributed by atoms with van der Waals surface area (Å²) in [4.78, 5) is 0. The maximum absolute atomic E-state index is 11.9. The van der Waals surface area contributed by atoms with Crippen molar-refractivity contribution in [2.24, 2.45) is 5.92 Å². The minimum atomic E-state index is -4.17. The van der Waals surface area contributed by atoms with E-state index < -0.39 is 12.6 Å². The van der Waals surface area contributed by atoms with Gasteiger partial charge in [-0.05, 0) is 18.5 Å². The highest BCUT2D eigenvalue weighted by Crippen LogP contribution is 2.19. The van der Waals surface area contributed by atoms with Crippen molar-refractivity contribution >= 4 is 0 Å². The lowest BCUT2D eigenvalue weighted by Gasteiger charge is -2.09. The molecule has 3 nitrogen and oxygen atoms in total. The van der Waals surface area contributed by atoms with Gasteiger partial charge in [-0.3, -0.25) is 0 Å². The molecule has 1 aromatic heterocycles. The van der Waals surface area contributed by atoms with Gasteiger partial charge in [0.25, 0.3) is 0 Å². The van der Waals surface area contributed by atoms with Crippen LogP contribution in [0.5, 0.6) is 0 Å². The van der Waals surface area contributed by atoms with Crippen molar-refractivity contribution in [2.45, 2.75) is 39.6 Å². The molecule has 0 amide bonds. The molecule has 19 heavy (non-hydrogen) atoms. The van der Waals surface area contributed by atoms with Crippen LogP contribution in [0.2, 0.25) is 0 Å². The average molecular weight is 279 g/mol. The van der Waals surface area contributed by atoms with Gasteiger partial charge in [-0.15, -0.1) is 0 Å². The first-order chi connectivity index (χ1) is 8.88. The Labute approximate surface area is 111 Å². The van der Waals surface area contributed by atoms with Crippen LogP contribution < -0.4 is 5.32 Å². The number of furan rings is 1. The van der Waals surface area contributed by atoms with E-state index in [0.29, 0.717) is 18.2 Å². The smallest absolute Gasteiger partial charge is 0.391 e. The van der Waals surface area contributed by atoms with Gasteiger partial charge in [-0.2, -0.15) is 13.2 Å². The van der Waals surface area contributed by atoms with E-state index >= 15 is 0 Å². The number of nitrogens with one attached hydrogen (secondary N) is 1. The number of hydrogen-bond donors (Lipinski definition) is 1. The Morgan fingerprint density at radius 2 is 2.11 bits per heavy atom. The topological polar surface area (TPSA) is 34.4 Å². The molecule has 0 spiro atoms. The van der Waals surface area contributed by atoms with Gasteiger partial charge in [0.2, 0.25) is 0 Å². The standard InChI is InChI=1S/C13H20F3NO2/c1-10(2)7-17-8-12-11(3-5-19-12)9-18-6-4-13(14,15)16/h3,5,10,17H,4,6-9H2,1-2H3. The lowest BCUT2D eigenvalue weighted by atomic mass is 10.2. The highest BCUT2D eigenvalue weighted by Gasteiger charge is 2.26. The zero-order valence-electron chi connectivity index (χ0n) is 11.2. The van der Waals surface area contributed by atoms with Crippen LogP contribution in [0.3, 0.4) is 0 Å². The summed E-state index contributed by atoms with van der Waals surface area (Å²) < 4.78 is 46.1. The summed E-state index contributed by atoms with van der Waals surface area (Å²) in [6.45, 7) is 5.42. The molecule has 0 aliphatic rings. The van der Waals surface area contributed by atoms with Gasteiger partial charge in [0.1, 0.15) is 5.76 Å². The first kappa shape index (κ1) is 16.0. The van der Waals surface area contributed by atoms with Crippen LogP contribution in [0.1, 0.15) is 31.6 Å². The number of rotatable bonds is 8. The van der Waals surface area contributed by atoms with E-state index in [0.717, 1.165) is 12.1 Å². The van der Waals surface area contributed by atoms with Gasteiger partial charge < -0.3 is 14.5 Å². The molecule has 0 saturated heterocycles. The van der Waals surface area contributed by atoms with Gasteiger partial charge in [0.05, 0.1) is 32.4 Å². The van der Waals surface area contributed by atoms with Gasteiger partial charge >= 0.3 is 6.18 Å². The molecule has 0 radical (unpaired) electrons. The largest absolute Gasteiger partial charge is 0.468 e. The van der Waals surface area contributed by atoms with Crippen molar-refractivity contribution in [3.05, 3.63) is 23.7 Å². The monoisotopic (exact) mass is 279 g/mol. The minimum absolute atomic E-state index is 0.144. The third-order valence-corrected chi connectivity index (χ3v) is 2.46. The fourth-order valence-electron chi connectivity index (χ4n) is 1.50. The van der Waals surface area contributed by atoms with E-state index in [4.69, 9.17) is 9.15 Å². The Hall–Kier alpha value is -1.01. The first-order valence-electron chi connectivity index (χ1n) is 6.29. The van der Waals surface area contributed by atoms with Crippen LogP contribution in [0, 0.1) is 5.92 Å². The average Bonchev–Trinajstić information content (AvgIpc) is 2.70. The second-order valence-electron chi connectivity index (χ2n) is 4.81. The number of hydrogen-bond acceptors (Lipinski definition) is 3. The highest BCUT2D eigenvalue weighted by atomic mass is 19.4. The Balaban J connectivity index is 2.28. The van der Waals surface area contributed by atoms with Crippen molar-refractivity contribution in [1.29, 1.82) is 0 Å². The molecule has 1 N–H and O–H groups in total. The number of halogens is 3. The summed E-state index contributed by atoms with van der Waals surface area (Å²) in [5, 5.41) is 3.21. The van der Waals surface area contributed by atoms with Crippen LogP contribution in [-0.2, 0) is 17.9 Å². The van der Waals surface area contributed by atoms with Crippen LogP contribution >= 0.6 is 0 Å². The number of ether oxygens (including phenoxy) is 1.